The van der Waals surface area contributed by atoms with Crippen molar-refractivity contribution in [2.45, 2.75) is 13.8 Å². The van der Waals surface area contributed by atoms with E-state index in [-0.39, 0.29) is 0 Å². The van der Waals surface area contributed by atoms with Crippen molar-refractivity contribution in [3.63, 3.8) is 0 Å². The van der Waals surface area contributed by atoms with Crippen LogP contribution in [-0.4, -0.2) is 9.38 Å². The lowest BCUT2D eigenvalue weighted by molar-refractivity contribution is 1.11. The summed E-state index contributed by atoms with van der Waals surface area (Å²) in [6, 6.07) is 8.23. The summed E-state index contributed by atoms with van der Waals surface area (Å²) in [5.74, 6) is 0. The first-order valence-electron chi connectivity index (χ1n) is 5.36. The predicted octanol–water partition coefficient (Wildman–Crippen LogP) is 4.44. The quantitative estimate of drug-likeness (QED) is 0.649. The number of hydrogen-bond donors (Lipinski definition) is 0. The molecule has 86 valence electrons. The zero-order chi connectivity index (χ0) is 12.0. The van der Waals surface area contributed by atoms with E-state index in [1.165, 1.54) is 10.6 Å². The molecule has 0 bridgehead atoms. The van der Waals surface area contributed by atoms with Crippen molar-refractivity contribution in [3.8, 4) is 11.3 Å². The Kier molecular flexibility index (Phi) is 2.56. The molecule has 0 spiro atoms. The third kappa shape index (κ3) is 1.81. The molecule has 3 aromatic rings. The van der Waals surface area contributed by atoms with E-state index >= 15 is 0 Å². The number of benzene rings is 1. The minimum atomic E-state index is 1.03. The average Bonchev–Trinajstić information content (AvgIpc) is 2.81. The van der Waals surface area contributed by atoms with Crippen LogP contribution in [0.3, 0.4) is 0 Å². The highest BCUT2D eigenvalue weighted by molar-refractivity contribution is 9.10. The normalized spacial score (nSPS) is 11.2. The lowest BCUT2D eigenvalue weighted by atomic mass is 10.2. The van der Waals surface area contributed by atoms with E-state index in [0.29, 0.717) is 0 Å². The van der Waals surface area contributed by atoms with Gasteiger partial charge in [0, 0.05) is 26.8 Å². The van der Waals surface area contributed by atoms with Gasteiger partial charge in [0.1, 0.15) is 0 Å². The molecular formula is C13H11BrN2S. The van der Waals surface area contributed by atoms with E-state index < -0.39 is 0 Å². The van der Waals surface area contributed by atoms with Crippen molar-refractivity contribution in [2.75, 3.05) is 0 Å². The molecular weight excluding hydrogens is 296 g/mol. The van der Waals surface area contributed by atoms with Crippen molar-refractivity contribution >= 4 is 32.2 Å². The number of aryl methyl sites for hydroxylation is 2. The summed E-state index contributed by atoms with van der Waals surface area (Å²) >= 11 is 5.23. The first-order chi connectivity index (χ1) is 8.15. The van der Waals surface area contributed by atoms with Crippen molar-refractivity contribution in [3.05, 3.63) is 45.5 Å². The van der Waals surface area contributed by atoms with Gasteiger partial charge in [-0.3, -0.25) is 4.40 Å². The second-order valence-electron chi connectivity index (χ2n) is 4.03. The highest BCUT2D eigenvalue weighted by Crippen LogP contribution is 2.27. The minimum Gasteiger partial charge on any atom is -0.294 e. The van der Waals surface area contributed by atoms with Gasteiger partial charge in [-0.25, -0.2) is 4.98 Å². The van der Waals surface area contributed by atoms with Crippen LogP contribution in [-0.2, 0) is 0 Å². The van der Waals surface area contributed by atoms with Crippen LogP contribution >= 0.6 is 27.3 Å². The molecule has 0 N–H and O–H groups in total. The number of aromatic nitrogens is 2. The molecule has 3 rings (SSSR count). The lowest BCUT2D eigenvalue weighted by Gasteiger charge is -1.96. The van der Waals surface area contributed by atoms with Gasteiger partial charge in [0.2, 0.25) is 0 Å². The number of rotatable bonds is 1. The Hall–Kier alpha value is -1.13. The fourth-order valence-corrected chi connectivity index (χ4v) is 3.19. The SMILES string of the molecule is Cc1sc2nc(-c3cccc(Br)c3)cn2c1C. The Balaban J connectivity index is 2.19. The second kappa shape index (κ2) is 3.96. The monoisotopic (exact) mass is 306 g/mol. The van der Waals surface area contributed by atoms with Gasteiger partial charge in [0.15, 0.2) is 4.96 Å². The van der Waals surface area contributed by atoms with Crippen LogP contribution in [0.1, 0.15) is 10.6 Å². The highest BCUT2D eigenvalue weighted by Gasteiger charge is 2.10. The smallest absolute Gasteiger partial charge is 0.194 e. The average molecular weight is 307 g/mol. The largest absolute Gasteiger partial charge is 0.294 e. The summed E-state index contributed by atoms with van der Waals surface area (Å²) in [4.78, 5) is 7.06. The van der Waals surface area contributed by atoms with Crippen molar-refractivity contribution in [1.29, 1.82) is 0 Å². The molecule has 0 aliphatic carbocycles. The molecule has 0 saturated carbocycles. The molecule has 1 aromatic carbocycles. The molecule has 0 saturated heterocycles. The Morgan fingerprint density at radius 1 is 1.29 bits per heavy atom. The number of nitrogens with zero attached hydrogens (tertiary/aromatic N) is 2. The molecule has 0 amide bonds. The third-order valence-corrected chi connectivity index (χ3v) is 4.47. The van der Waals surface area contributed by atoms with Gasteiger partial charge in [0.25, 0.3) is 0 Å². The van der Waals surface area contributed by atoms with E-state index in [2.05, 4.69) is 57.5 Å². The lowest BCUT2D eigenvalue weighted by Crippen LogP contribution is -1.81. The number of thiazole rings is 1. The zero-order valence-corrected chi connectivity index (χ0v) is 12.0. The number of fused-ring (bicyclic) bond motifs is 1. The molecule has 17 heavy (non-hydrogen) atoms. The van der Waals surface area contributed by atoms with Gasteiger partial charge < -0.3 is 0 Å². The number of halogens is 1. The maximum absolute atomic E-state index is 4.67. The highest BCUT2D eigenvalue weighted by atomic mass is 79.9. The van der Waals surface area contributed by atoms with Crippen LogP contribution in [0.25, 0.3) is 16.2 Å². The Morgan fingerprint density at radius 3 is 2.82 bits per heavy atom. The van der Waals surface area contributed by atoms with Crippen LogP contribution in [0.15, 0.2) is 34.9 Å². The summed E-state index contributed by atoms with van der Waals surface area (Å²) in [6.07, 6.45) is 2.11. The third-order valence-electron chi connectivity index (χ3n) is 2.91. The first-order valence-corrected chi connectivity index (χ1v) is 6.97. The molecule has 2 heterocycles. The van der Waals surface area contributed by atoms with E-state index in [4.69, 9.17) is 0 Å². The van der Waals surface area contributed by atoms with E-state index in [0.717, 1.165) is 20.7 Å². The molecule has 2 nitrogen and oxygen atoms in total. The number of hydrogen-bond acceptors (Lipinski definition) is 2. The maximum atomic E-state index is 4.67. The molecule has 0 aliphatic rings. The van der Waals surface area contributed by atoms with Crippen LogP contribution < -0.4 is 0 Å². The Morgan fingerprint density at radius 2 is 2.12 bits per heavy atom. The van der Waals surface area contributed by atoms with Crippen molar-refractivity contribution < 1.29 is 0 Å². The zero-order valence-electron chi connectivity index (χ0n) is 9.57. The summed E-state index contributed by atoms with van der Waals surface area (Å²) in [7, 11) is 0. The standard InChI is InChI=1S/C13H11BrN2S/c1-8-9(2)17-13-15-12(7-16(8)13)10-4-3-5-11(14)6-10/h3-7H,1-2H3. The molecule has 0 aliphatic heterocycles. The van der Waals surface area contributed by atoms with E-state index in [9.17, 15) is 0 Å². The Labute approximate surface area is 112 Å². The fraction of sp³-hybridized carbons (Fsp3) is 0.154. The van der Waals surface area contributed by atoms with Crippen LogP contribution in [0.5, 0.6) is 0 Å². The van der Waals surface area contributed by atoms with Crippen molar-refractivity contribution in [2.24, 2.45) is 0 Å². The molecule has 0 radical (unpaired) electrons. The molecule has 0 unspecified atom stereocenters. The van der Waals surface area contributed by atoms with Crippen LogP contribution in [0.2, 0.25) is 0 Å². The molecule has 0 atom stereocenters. The van der Waals surface area contributed by atoms with Crippen molar-refractivity contribution in [1.82, 2.24) is 9.38 Å². The maximum Gasteiger partial charge on any atom is 0.194 e. The van der Waals surface area contributed by atoms with Gasteiger partial charge in [-0.05, 0) is 26.0 Å². The van der Waals surface area contributed by atoms with Gasteiger partial charge in [-0.1, -0.05) is 28.1 Å². The topological polar surface area (TPSA) is 17.3 Å². The summed E-state index contributed by atoms with van der Waals surface area (Å²) in [5.41, 5.74) is 3.45. The fourth-order valence-electron chi connectivity index (χ4n) is 1.84. The second-order valence-corrected chi connectivity index (χ2v) is 6.13. The minimum absolute atomic E-state index is 1.03. The number of imidazole rings is 1. The van der Waals surface area contributed by atoms with Gasteiger partial charge in [0.05, 0.1) is 5.69 Å². The summed E-state index contributed by atoms with van der Waals surface area (Å²) < 4.78 is 3.25. The summed E-state index contributed by atoms with van der Waals surface area (Å²) in [6.45, 7) is 4.26. The molecule has 2 aromatic heterocycles. The predicted molar refractivity (Wildman–Crippen MR) is 75.7 cm³/mol. The van der Waals surface area contributed by atoms with Crippen LogP contribution in [0, 0.1) is 13.8 Å². The van der Waals surface area contributed by atoms with E-state index in [1.807, 2.05) is 12.1 Å². The molecule has 0 fully saturated rings. The van der Waals surface area contributed by atoms with Gasteiger partial charge in [-0.15, -0.1) is 11.3 Å². The van der Waals surface area contributed by atoms with Gasteiger partial charge >= 0.3 is 0 Å². The first kappa shape index (κ1) is 11.0. The van der Waals surface area contributed by atoms with Crippen LogP contribution in [0.4, 0.5) is 0 Å². The molecule has 4 heteroatoms. The Bertz CT molecular complexity index is 697. The van der Waals surface area contributed by atoms with E-state index in [1.54, 1.807) is 11.3 Å². The van der Waals surface area contributed by atoms with Gasteiger partial charge in [-0.2, -0.15) is 0 Å². The summed E-state index contributed by atoms with van der Waals surface area (Å²) in [5, 5.41) is 0.